The van der Waals surface area contributed by atoms with Crippen LogP contribution in [0.3, 0.4) is 0 Å². The number of furan rings is 2. The lowest BCUT2D eigenvalue weighted by molar-refractivity contribution is 0.578. The predicted molar refractivity (Wildman–Crippen MR) is 140 cm³/mol. The van der Waals surface area contributed by atoms with Crippen molar-refractivity contribution in [2.45, 2.75) is 40.0 Å². The molecule has 3 heterocycles. The van der Waals surface area contributed by atoms with E-state index >= 15 is 0 Å². The molecule has 0 saturated heterocycles. The van der Waals surface area contributed by atoms with Crippen LogP contribution in [0.4, 0.5) is 0 Å². The van der Waals surface area contributed by atoms with E-state index in [-0.39, 0.29) is 5.41 Å². The van der Waals surface area contributed by atoms with Gasteiger partial charge in [0.1, 0.15) is 22.7 Å². The summed E-state index contributed by atoms with van der Waals surface area (Å²) in [5, 5.41) is 4.67. The summed E-state index contributed by atoms with van der Waals surface area (Å²) in [5.74, 6) is 1.78. The molecule has 0 bridgehead atoms. The van der Waals surface area contributed by atoms with Crippen LogP contribution in [-0.2, 0) is 5.41 Å². The van der Waals surface area contributed by atoms with E-state index < -0.39 is 0 Å². The lowest BCUT2D eigenvalue weighted by Gasteiger charge is -2.22. The van der Waals surface area contributed by atoms with Gasteiger partial charge in [0.15, 0.2) is 0 Å². The minimum atomic E-state index is 0.0121. The number of aryl methyl sites for hydroxylation is 2. The van der Waals surface area contributed by atoms with Crippen molar-refractivity contribution >= 4 is 32.7 Å². The van der Waals surface area contributed by atoms with Crippen molar-refractivity contribution < 1.29 is 8.83 Å². The molecule has 0 fully saturated rings. The molecule has 3 aromatic carbocycles. The second kappa shape index (κ2) is 7.33. The monoisotopic (exact) mass is 445 g/mol. The van der Waals surface area contributed by atoms with Crippen LogP contribution in [-0.4, -0.2) is 4.98 Å². The van der Waals surface area contributed by atoms with Gasteiger partial charge in [0.05, 0.1) is 11.1 Å². The Hall–Kier alpha value is -3.85. The molecule has 34 heavy (non-hydrogen) atoms. The maximum atomic E-state index is 6.42. The first-order chi connectivity index (χ1) is 16.3. The van der Waals surface area contributed by atoms with Crippen molar-refractivity contribution in [1.82, 2.24) is 4.98 Å². The smallest absolute Gasteiger partial charge is 0.138 e. The lowest BCUT2D eigenvalue weighted by Crippen LogP contribution is -2.12. The van der Waals surface area contributed by atoms with Crippen molar-refractivity contribution in [1.29, 1.82) is 0 Å². The summed E-state index contributed by atoms with van der Waals surface area (Å²) in [6.07, 6.45) is 1.85. The van der Waals surface area contributed by atoms with Gasteiger partial charge in [-0.3, -0.25) is 4.98 Å². The van der Waals surface area contributed by atoms with Crippen LogP contribution in [0.25, 0.3) is 55.3 Å². The third-order valence-corrected chi connectivity index (χ3v) is 6.69. The zero-order valence-corrected chi connectivity index (χ0v) is 20.2. The summed E-state index contributed by atoms with van der Waals surface area (Å²) in [6, 6.07) is 23.4. The summed E-state index contributed by atoms with van der Waals surface area (Å²) >= 11 is 0. The molecule has 168 valence electrons. The molecule has 0 unspecified atom stereocenters. The highest BCUT2D eigenvalue weighted by molar-refractivity contribution is 6.01. The number of nitrogens with zero attached hydrogens (tertiary/aromatic N) is 1. The molecule has 0 N–H and O–H groups in total. The van der Waals surface area contributed by atoms with Gasteiger partial charge in [-0.05, 0) is 78.1 Å². The number of fused-ring (bicyclic) bond motifs is 3. The van der Waals surface area contributed by atoms with Gasteiger partial charge < -0.3 is 8.83 Å². The fourth-order valence-corrected chi connectivity index (χ4v) is 5.07. The number of hydrogen-bond donors (Lipinski definition) is 0. The van der Waals surface area contributed by atoms with Crippen molar-refractivity contribution in [3.8, 4) is 22.6 Å². The molecule has 3 heteroatoms. The van der Waals surface area contributed by atoms with Gasteiger partial charge in [0.2, 0.25) is 0 Å². The third kappa shape index (κ3) is 3.23. The maximum Gasteiger partial charge on any atom is 0.138 e. The van der Waals surface area contributed by atoms with Crippen LogP contribution in [0.15, 0.2) is 81.8 Å². The van der Waals surface area contributed by atoms with Gasteiger partial charge >= 0.3 is 0 Å². The van der Waals surface area contributed by atoms with Crippen LogP contribution in [0.5, 0.6) is 0 Å². The Labute approximate surface area is 199 Å². The summed E-state index contributed by atoms with van der Waals surface area (Å²) in [6.45, 7) is 10.9. The van der Waals surface area contributed by atoms with Crippen LogP contribution >= 0.6 is 0 Å². The normalized spacial score (nSPS) is 12.3. The Morgan fingerprint density at radius 2 is 1.53 bits per heavy atom. The molecule has 0 aliphatic heterocycles. The van der Waals surface area contributed by atoms with Gasteiger partial charge in [0, 0.05) is 28.3 Å². The molecule has 0 atom stereocenters. The molecule has 0 aliphatic carbocycles. The van der Waals surface area contributed by atoms with Crippen LogP contribution in [0, 0.1) is 13.8 Å². The lowest BCUT2D eigenvalue weighted by atomic mass is 9.82. The highest BCUT2D eigenvalue weighted by Crippen LogP contribution is 2.41. The molecule has 3 aromatic heterocycles. The van der Waals surface area contributed by atoms with E-state index in [1.807, 2.05) is 25.3 Å². The van der Waals surface area contributed by atoms with E-state index in [1.165, 1.54) is 16.3 Å². The van der Waals surface area contributed by atoms with Crippen LogP contribution < -0.4 is 0 Å². The summed E-state index contributed by atoms with van der Waals surface area (Å²) in [7, 11) is 0. The summed E-state index contributed by atoms with van der Waals surface area (Å²) in [5.41, 5.74) is 7.30. The average Bonchev–Trinajstić information content (AvgIpc) is 3.36. The van der Waals surface area contributed by atoms with E-state index in [2.05, 4.69) is 82.3 Å². The van der Waals surface area contributed by atoms with E-state index in [0.29, 0.717) is 0 Å². The third-order valence-electron chi connectivity index (χ3n) is 6.69. The largest absolute Gasteiger partial charge is 0.461 e. The Bertz CT molecular complexity index is 1710. The van der Waals surface area contributed by atoms with Gasteiger partial charge in [0.25, 0.3) is 0 Å². The molecular weight excluding hydrogens is 418 g/mol. The number of benzene rings is 3. The first kappa shape index (κ1) is 20.7. The van der Waals surface area contributed by atoms with Crippen LogP contribution in [0.1, 0.15) is 37.7 Å². The topological polar surface area (TPSA) is 39.2 Å². The fraction of sp³-hybridized carbons (Fsp3) is 0.194. The first-order valence-corrected chi connectivity index (χ1v) is 11.7. The Morgan fingerprint density at radius 3 is 2.35 bits per heavy atom. The molecule has 6 rings (SSSR count). The Balaban J connectivity index is 1.59. The standard InChI is InChI=1S/C31H27NO2/c1-18-14-22-16-21(10-11-26(22)33-18)30-19(2)28-27(34-30)12-13-32-29(28)23-15-20-8-6-7-9-24(20)25(17-23)31(3,4)5/h6-17H,1-5H3. The van der Waals surface area contributed by atoms with Gasteiger partial charge in [-0.15, -0.1) is 0 Å². The highest BCUT2D eigenvalue weighted by atomic mass is 16.3. The minimum absolute atomic E-state index is 0.0121. The minimum Gasteiger partial charge on any atom is -0.461 e. The van der Waals surface area contributed by atoms with E-state index in [1.54, 1.807) is 0 Å². The van der Waals surface area contributed by atoms with Gasteiger partial charge in [-0.1, -0.05) is 45.0 Å². The van der Waals surface area contributed by atoms with Gasteiger partial charge in [-0.2, -0.15) is 0 Å². The summed E-state index contributed by atoms with van der Waals surface area (Å²) in [4.78, 5) is 4.85. The SMILES string of the molecule is Cc1cc2cc(-c3oc4ccnc(-c5cc(C(C)(C)C)c6ccccc6c5)c4c3C)ccc2o1. The zero-order valence-electron chi connectivity index (χ0n) is 20.2. The quantitative estimate of drug-likeness (QED) is 0.267. The number of pyridine rings is 1. The number of aromatic nitrogens is 1. The molecule has 6 aromatic rings. The fourth-order valence-electron chi connectivity index (χ4n) is 5.07. The molecule has 0 radical (unpaired) electrons. The first-order valence-electron chi connectivity index (χ1n) is 11.7. The molecule has 0 amide bonds. The van der Waals surface area contributed by atoms with E-state index in [4.69, 9.17) is 13.8 Å². The maximum absolute atomic E-state index is 6.42. The number of rotatable bonds is 2. The summed E-state index contributed by atoms with van der Waals surface area (Å²) < 4.78 is 12.2. The highest BCUT2D eigenvalue weighted by Gasteiger charge is 2.22. The van der Waals surface area contributed by atoms with Crippen molar-refractivity contribution in [2.75, 3.05) is 0 Å². The van der Waals surface area contributed by atoms with Gasteiger partial charge in [-0.25, -0.2) is 0 Å². The molecular formula is C31H27NO2. The molecule has 0 spiro atoms. The van der Waals surface area contributed by atoms with Crippen LogP contribution in [0.2, 0.25) is 0 Å². The second-order valence-electron chi connectivity index (χ2n) is 10.2. The van der Waals surface area contributed by atoms with E-state index in [9.17, 15) is 0 Å². The average molecular weight is 446 g/mol. The number of hydrogen-bond acceptors (Lipinski definition) is 3. The van der Waals surface area contributed by atoms with Crippen molar-refractivity contribution in [3.63, 3.8) is 0 Å². The molecule has 3 nitrogen and oxygen atoms in total. The molecule has 0 saturated carbocycles. The molecule has 0 aliphatic rings. The second-order valence-corrected chi connectivity index (χ2v) is 10.2. The zero-order chi connectivity index (χ0) is 23.6. The Kier molecular flexibility index (Phi) is 4.47. The Morgan fingerprint density at radius 1 is 0.735 bits per heavy atom. The van der Waals surface area contributed by atoms with Crippen molar-refractivity contribution in [3.05, 3.63) is 89.8 Å². The van der Waals surface area contributed by atoms with Crippen molar-refractivity contribution in [2.24, 2.45) is 0 Å². The van der Waals surface area contributed by atoms with E-state index in [0.717, 1.165) is 55.8 Å². The predicted octanol–water partition coefficient (Wildman–Crippen LogP) is 8.98.